The molecule has 0 spiro atoms. The molecule has 1 unspecified atom stereocenters. The molecule has 0 radical (unpaired) electrons. The van der Waals surface area contributed by atoms with Gasteiger partial charge in [-0.1, -0.05) is 37.3 Å². The summed E-state index contributed by atoms with van der Waals surface area (Å²) in [5.74, 6) is -0.0718. The van der Waals surface area contributed by atoms with Crippen LogP contribution in [0, 0.1) is 0 Å². The fourth-order valence-corrected chi connectivity index (χ4v) is 3.20. The molecule has 1 aromatic rings. The summed E-state index contributed by atoms with van der Waals surface area (Å²) in [5.41, 5.74) is 1.08. The van der Waals surface area contributed by atoms with Crippen molar-refractivity contribution in [2.24, 2.45) is 0 Å². The first-order valence-electron chi connectivity index (χ1n) is 8.87. The average Bonchev–Trinajstić information content (AvgIpc) is 2.82. The van der Waals surface area contributed by atoms with E-state index in [1.54, 1.807) is 0 Å². The second kappa shape index (κ2) is 9.42. The van der Waals surface area contributed by atoms with E-state index in [-0.39, 0.29) is 17.8 Å². The first-order valence-corrected chi connectivity index (χ1v) is 8.87. The molecule has 5 heteroatoms. The Morgan fingerprint density at radius 2 is 1.83 bits per heavy atom. The number of carbonyl (C=O) groups excluding carboxylic acids is 2. The van der Waals surface area contributed by atoms with Gasteiger partial charge in [0.2, 0.25) is 5.91 Å². The van der Waals surface area contributed by atoms with Crippen LogP contribution in [0.1, 0.15) is 38.2 Å². The number of amides is 1. The lowest BCUT2D eigenvalue weighted by molar-refractivity contribution is -0.144. The molecule has 24 heavy (non-hydrogen) atoms. The molecule has 1 aliphatic heterocycles. The van der Waals surface area contributed by atoms with Crippen LogP contribution >= 0.6 is 0 Å². The van der Waals surface area contributed by atoms with E-state index in [2.05, 4.69) is 11.8 Å². The van der Waals surface area contributed by atoms with Crippen molar-refractivity contribution < 1.29 is 14.3 Å². The minimum atomic E-state index is -0.187. The highest BCUT2D eigenvalue weighted by molar-refractivity contribution is 5.83. The summed E-state index contributed by atoms with van der Waals surface area (Å²) in [7, 11) is 0. The van der Waals surface area contributed by atoms with E-state index in [9.17, 15) is 9.59 Å². The molecule has 1 amide bonds. The third-order valence-electron chi connectivity index (χ3n) is 4.47. The van der Waals surface area contributed by atoms with Gasteiger partial charge in [0.1, 0.15) is 0 Å². The van der Waals surface area contributed by atoms with E-state index in [4.69, 9.17) is 4.74 Å². The maximum absolute atomic E-state index is 12.9. The van der Waals surface area contributed by atoms with Crippen LogP contribution in [0.25, 0.3) is 0 Å². The fraction of sp³-hybridized carbons (Fsp3) is 0.579. The molecule has 0 bridgehead atoms. The van der Waals surface area contributed by atoms with Crippen molar-refractivity contribution >= 4 is 11.9 Å². The van der Waals surface area contributed by atoms with Crippen molar-refractivity contribution in [2.75, 3.05) is 39.3 Å². The molecule has 1 fully saturated rings. The van der Waals surface area contributed by atoms with Gasteiger partial charge < -0.3 is 9.64 Å². The minimum absolute atomic E-state index is 0.0807. The Morgan fingerprint density at radius 1 is 1.08 bits per heavy atom. The quantitative estimate of drug-likeness (QED) is 0.750. The summed E-state index contributed by atoms with van der Waals surface area (Å²) in [6.07, 6.45) is 1.68. The van der Waals surface area contributed by atoms with E-state index in [0.717, 1.165) is 38.0 Å². The van der Waals surface area contributed by atoms with Crippen LogP contribution < -0.4 is 0 Å². The normalized spacial score (nSPS) is 17.2. The monoisotopic (exact) mass is 332 g/mol. The molecule has 2 rings (SSSR count). The molecule has 0 saturated carbocycles. The second-order valence-electron chi connectivity index (χ2n) is 6.13. The van der Waals surface area contributed by atoms with Gasteiger partial charge in [0, 0.05) is 26.2 Å². The lowest BCUT2D eigenvalue weighted by Gasteiger charge is -2.26. The van der Waals surface area contributed by atoms with Gasteiger partial charge in [-0.2, -0.15) is 0 Å². The molecule has 1 heterocycles. The van der Waals surface area contributed by atoms with E-state index in [1.165, 1.54) is 0 Å². The highest BCUT2D eigenvalue weighted by Gasteiger charge is 2.26. The molecule has 1 aromatic carbocycles. The van der Waals surface area contributed by atoms with E-state index in [1.807, 2.05) is 42.2 Å². The predicted molar refractivity (Wildman–Crippen MR) is 93.7 cm³/mol. The maximum atomic E-state index is 12.9. The minimum Gasteiger partial charge on any atom is -0.465 e. The average molecular weight is 332 g/mol. The Bertz CT molecular complexity index is 533. The summed E-state index contributed by atoms with van der Waals surface area (Å²) in [6.45, 7) is 7.55. The Kier molecular flexibility index (Phi) is 7.25. The number of hydrogen-bond acceptors (Lipinski definition) is 4. The van der Waals surface area contributed by atoms with Gasteiger partial charge in [-0.25, -0.2) is 0 Å². The number of ether oxygens (including phenoxy) is 1. The van der Waals surface area contributed by atoms with Crippen molar-refractivity contribution in [3.63, 3.8) is 0 Å². The van der Waals surface area contributed by atoms with Crippen LogP contribution in [0.15, 0.2) is 30.3 Å². The maximum Gasteiger partial charge on any atom is 0.320 e. The van der Waals surface area contributed by atoms with Gasteiger partial charge in [-0.15, -0.1) is 0 Å². The molecule has 1 atom stereocenters. The highest BCUT2D eigenvalue weighted by Crippen LogP contribution is 2.22. The van der Waals surface area contributed by atoms with Gasteiger partial charge in [0.05, 0.1) is 19.1 Å². The summed E-state index contributed by atoms with van der Waals surface area (Å²) in [5, 5.41) is 0. The highest BCUT2D eigenvalue weighted by atomic mass is 16.5. The number of carbonyl (C=O) groups is 2. The van der Waals surface area contributed by atoms with Crippen molar-refractivity contribution in [1.29, 1.82) is 0 Å². The first-order chi connectivity index (χ1) is 11.7. The van der Waals surface area contributed by atoms with Crippen LogP contribution in [0.5, 0.6) is 0 Å². The molecule has 0 aliphatic carbocycles. The van der Waals surface area contributed by atoms with Gasteiger partial charge in [-0.3, -0.25) is 14.5 Å². The SMILES string of the molecule is CCOC(=O)CN1CCCN(C(=O)C(CC)c2ccccc2)CC1. The Hall–Kier alpha value is -1.88. The molecule has 0 aromatic heterocycles. The number of rotatable bonds is 6. The Labute approximate surface area is 144 Å². The van der Waals surface area contributed by atoms with Crippen LogP contribution in [0.3, 0.4) is 0 Å². The molecule has 0 N–H and O–H groups in total. The van der Waals surface area contributed by atoms with Crippen molar-refractivity contribution in [3.05, 3.63) is 35.9 Å². The lowest BCUT2D eigenvalue weighted by atomic mass is 9.95. The largest absolute Gasteiger partial charge is 0.465 e. The van der Waals surface area contributed by atoms with E-state index in [0.29, 0.717) is 19.7 Å². The summed E-state index contributed by atoms with van der Waals surface area (Å²) in [4.78, 5) is 28.6. The van der Waals surface area contributed by atoms with Crippen molar-refractivity contribution in [3.8, 4) is 0 Å². The van der Waals surface area contributed by atoms with E-state index >= 15 is 0 Å². The molecule has 1 aliphatic rings. The molecular formula is C19H28N2O3. The third kappa shape index (κ3) is 5.06. The zero-order valence-electron chi connectivity index (χ0n) is 14.7. The topological polar surface area (TPSA) is 49.9 Å². The van der Waals surface area contributed by atoms with Gasteiger partial charge in [0.15, 0.2) is 0 Å². The zero-order valence-corrected chi connectivity index (χ0v) is 14.7. The number of esters is 1. The summed E-state index contributed by atoms with van der Waals surface area (Å²) >= 11 is 0. The third-order valence-corrected chi connectivity index (χ3v) is 4.47. The number of benzene rings is 1. The van der Waals surface area contributed by atoms with E-state index < -0.39 is 0 Å². The molecule has 5 nitrogen and oxygen atoms in total. The number of hydrogen-bond donors (Lipinski definition) is 0. The fourth-order valence-electron chi connectivity index (χ4n) is 3.20. The zero-order chi connectivity index (χ0) is 17.4. The second-order valence-corrected chi connectivity index (χ2v) is 6.13. The van der Waals surface area contributed by atoms with Crippen molar-refractivity contribution in [1.82, 2.24) is 9.80 Å². The van der Waals surface area contributed by atoms with Crippen LogP contribution in [-0.4, -0.2) is 61.0 Å². The lowest BCUT2D eigenvalue weighted by Crippen LogP contribution is -2.39. The number of nitrogens with zero attached hydrogens (tertiary/aromatic N) is 2. The Morgan fingerprint density at radius 3 is 2.50 bits per heavy atom. The predicted octanol–water partition coefficient (Wildman–Crippen LogP) is 2.28. The smallest absolute Gasteiger partial charge is 0.320 e. The van der Waals surface area contributed by atoms with Gasteiger partial charge >= 0.3 is 5.97 Å². The summed E-state index contributed by atoms with van der Waals surface area (Å²) < 4.78 is 5.01. The first kappa shape index (κ1) is 18.5. The van der Waals surface area contributed by atoms with Crippen LogP contribution in [-0.2, 0) is 14.3 Å². The Balaban J connectivity index is 1.94. The van der Waals surface area contributed by atoms with Crippen LogP contribution in [0.2, 0.25) is 0 Å². The van der Waals surface area contributed by atoms with Gasteiger partial charge in [-0.05, 0) is 25.3 Å². The van der Waals surface area contributed by atoms with Crippen LogP contribution in [0.4, 0.5) is 0 Å². The molecule has 1 saturated heterocycles. The standard InChI is InChI=1S/C19H28N2O3/c1-3-17(16-9-6-5-7-10-16)19(23)21-12-8-11-20(13-14-21)15-18(22)24-4-2/h5-7,9-10,17H,3-4,8,11-15H2,1-2H3. The van der Waals surface area contributed by atoms with Crippen molar-refractivity contribution in [2.45, 2.75) is 32.6 Å². The summed E-state index contributed by atoms with van der Waals surface area (Å²) in [6, 6.07) is 9.98. The molecular weight excluding hydrogens is 304 g/mol. The molecule has 132 valence electrons. The van der Waals surface area contributed by atoms with Gasteiger partial charge in [0.25, 0.3) is 0 Å².